The van der Waals surface area contributed by atoms with E-state index in [4.69, 9.17) is 0 Å². The summed E-state index contributed by atoms with van der Waals surface area (Å²) >= 11 is 0. The van der Waals surface area contributed by atoms with Gasteiger partial charge in [0.05, 0.1) is 0 Å². The van der Waals surface area contributed by atoms with Crippen LogP contribution in [0.15, 0.2) is 54.6 Å². The van der Waals surface area contributed by atoms with Crippen molar-refractivity contribution in [2.24, 2.45) is 0 Å². The molecule has 0 aliphatic heterocycles. The van der Waals surface area contributed by atoms with Crippen molar-refractivity contribution < 1.29 is 0 Å². The molecule has 0 spiro atoms. The molecule has 0 saturated carbocycles. The zero-order valence-electron chi connectivity index (χ0n) is 11.9. The summed E-state index contributed by atoms with van der Waals surface area (Å²) in [5.74, 6) is 0. The highest BCUT2D eigenvalue weighted by Gasteiger charge is 2.08. The van der Waals surface area contributed by atoms with Crippen LogP contribution < -0.4 is 5.32 Å². The van der Waals surface area contributed by atoms with Crippen molar-refractivity contribution in [1.82, 2.24) is 0 Å². The minimum Gasteiger partial charge on any atom is -0.382 e. The molecular formula is C18H23N. The molecule has 100 valence electrons. The predicted octanol–water partition coefficient (Wildman–Crippen LogP) is 4.82. The van der Waals surface area contributed by atoms with E-state index in [1.165, 1.54) is 29.7 Å². The molecule has 0 amide bonds. The van der Waals surface area contributed by atoms with Gasteiger partial charge in [0.2, 0.25) is 0 Å². The van der Waals surface area contributed by atoms with Crippen LogP contribution in [0.25, 0.3) is 0 Å². The van der Waals surface area contributed by atoms with Crippen molar-refractivity contribution in [2.45, 2.75) is 39.2 Å². The summed E-state index contributed by atoms with van der Waals surface area (Å²) in [4.78, 5) is 0. The smallest absolute Gasteiger partial charge is 0.0342 e. The van der Waals surface area contributed by atoms with Crippen molar-refractivity contribution in [3.05, 3.63) is 65.7 Å². The van der Waals surface area contributed by atoms with Crippen molar-refractivity contribution in [1.29, 1.82) is 0 Å². The van der Waals surface area contributed by atoms with Gasteiger partial charge < -0.3 is 5.32 Å². The van der Waals surface area contributed by atoms with Gasteiger partial charge in [0.15, 0.2) is 0 Å². The van der Waals surface area contributed by atoms with Crippen molar-refractivity contribution in [3.8, 4) is 0 Å². The van der Waals surface area contributed by atoms with Crippen LogP contribution in [0.2, 0.25) is 0 Å². The van der Waals surface area contributed by atoms with Crippen molar-refractivity contribution in [2.75, 3.05) is 5.32 Å². The molecule has 2 rings (SSSR count). The standard InChI is InChI=1S/C18H23N/c1-3-7-18(14-16-8-5-4-6-9-16)19-17-12-10-15(2)11-13-17/h4-6,8-13,18-19H,3,7,14H2,1-2H3. The predicted molar refractivity (Wildman–Crippen MR) is 83.6 cm³/mol. The average Bonchev–Trinajstić information content (AvgIpc) is 2.43. The Labute approximate surface area is 116 Å². The van der Waals surface area contributed by atoms with Crippen LogP contribution in [-0.4, -0.2) is 6.04 Å². The fraction of sp³-hybridized carbons (Fsp3) is 0.333. The molecule has 1 heteroatoms. The second-order valence-corrected chi connectivity index (χ2v) is 5.19. The average molecular weight is 253 g/mol. The first-order valence-electron chi connectivity index (χ1n) is 7.15. The minimum atomic E-state index is 0.509. The minimum absolute atomic E-state index is 0.509. The first-order chi connectivity index (χ1) is 9.28. The van der Waals surface area contributed by atoms with Gasteiger partial charge in [-0.2, -0.15) is 0 Å². The Bertz CT molecular complexity index is 473. The summed E-state index contributed by atoms with van der Waals surface area (Å²) in [5.41, 5.74) is 3.93. The lowest BCUT2D eigenvalue weighted by Crippen LogP contribution is -2.22. The van der Waals surface area contributed by atoms with Gasteiger partial charge >= 0.3 is 0 Å². The summed E-state index contributed by atoms with van der Waals surface area (Å²) in [6.45, 7) is 4.37. The van der Waals surface area contributed by atoms with Gasteiger partial charge in [0.25, 0.3) is 0 Å². The van der Waals surface area contributed by atoms with Crippen LogP contribution in [0.1, 0.15) is 30.9 Å². The molecule has 0 bridgehead atoms. The number of anilines is 1. The van der Waals surface area contributed by atoms with Crippen molar-refractivity contribution in [3.63, 3.8) is 0 Å². The third-order valence-electron chi connectivity index (χ3n) is 3.38. The quantitative estimate of drug-likeness (QED) is 0.778. The first-order valence-corrected chi connectivity index (χ1v) is 7.15. The van der Waals surface area contributed by atoms with E-state index in [1.807, 2.05) is 0 Å². The van der Waals surface area contributed by atoms with Gasteiger partial charge in [0, 0.05) is 11.7 Å². The van der Waals surface area contributed by atoms with E-state index < -0.39 is 0 Å². The molecule has 1 unspecified atom stereocenters. The SMILES string of the molecule is CCCC(Cc1ccccc1)Nc1ccc(C)cc1. The first kappa shape index (κ1) is 13.7. The maximum atomic E-state index is 3.66. The second-order valence-electron chi connectivity index (χ2n) is 5.19. The van der Waals surface area contributed by atoms with E-state index in [0.717, 1.165) is 6.42 Å². The molecule has 2 aromatic carbocycles. The third kappa shape index (κ3) is 4.44. The van der Waals surface area contributed by atoms with Crippen LogP contribution in [0.5, 0.6) is 0 Å². The van der Waals surface area contributed by atoms with Crippen LogP contribution in [0.4, 0.5) is 5.69 Å². The second kappa shape index (κ2) is 6.98. The number of aryl methyl sites for hydroxylation is 1. The largest absolute Gasteiger partial charge is 0.382 e. The Kier molecular flexibility index (Phi) is 5.02. The molecule has 0 aromatic heterocycles. The summed E-state index contributed by atoms with van der Waals surface area (Å²) in [5, 5.41) is 3.66. The summed E-state index contributed by atoms with van der Waals surface area (Å²) in [6, 6.07) is 19.9. The highest BCUT2D eigenvalue weighted by atomic mass is 14.9. The number of nitrogens with one attached hydrogen (secondary N) is 1. The molecule has 1 atom stereocenters. The molecule has 0 heterocycles. The molecule has 19 heavy (non-hydrogen) atoms. The summed E-state index contributed by atoms with van der Waals surface area (Å²) in [6.07, 6.45) is 3.49. The Hall–Kier alpha value is -1.76. The Morgan fingerprint density at radius 2 is 1.63 bits per heavy atom. The van der Waals surface area contributed by atoms with E-state index in [-0.39, 0.29) is 0 Å². The maximum Gasteiger partial charge on any atom is 0.0342 e. The van der Waals surface area contributed by atoms with E-state index in [0.29, 0.717) is 6.04 Å². The Morgan fingerprint density at radius 3 is 2.26 bits per heavy atom. The molecule has 0 saturated heterocycles. The van der Waals surface area contributed by atoms with Gasteiger partial charge in [-0.15, -0.1) is 0 Å². The Morgan fingerprint density at radius 1 is 0.947 bits per heavy atom. The van der Waals surface area contributed by atoms with E-state index in [9.17, 15) is 0 Å². The normalized spacial score (nSPS) is 12.1. The maximum absolute atomic E-state index is 3.66. The zero-order chi connectivity index (χ0) is 13.5. The van der Waals surface area contributed by atoms with Crippen LogP contribution in [0.3, 0.4) is 0 Å². The van der Waals surface area contributed by atoms with Gasteiger partial charge in [0.1, 0.15) is 0 Å². The highest BCUT2D eigenvalue weighted by molar-refractivity contribution is 5.45. The lowest BCUT2D eigenvalue weighted by molar-refractivity contribution is 0.637. The number of hydrogen-bond acceptors (Lipinski definition) is 1. The van der Waals surface area contributed by atoms with Crippen molar-refractivity contribution >= 4 is 5.69 Å². The Balaban J connectivity index is 2.01. The molecule has 0 fully saturated rings. The van der Waals surface area contributed by atoms with E-state index in [1.54, 1.807) is 0 Å². The van der Waals surface area contributed by atoms with Gasteiger partial charge in [-0.3, -0.25) is 0 Å². The zero-order valence-corrected chi connectivity index (χ0v) is 11.9. The highest BCUT2D eigenvalue weighted by Crippen LogP contribution is 2.15. The van der Waals surface area contributed by atoms with Crippen LogP contribution in [-0.2, 0) is 6.42 Å². The van der Waals surface area contributed by atoms with Crippen LogP contribution in [0, 0.1) is 6.92 Å². The fourth-order valence-electron chi connectivity index (χ4n) is 2.36. The number of hydrogen-bond donors (Lipinski definition) is 1. The topological polar surface area (TPSA) is 12.0 Å². The third-order valence-corrected chi connectivity index (χ3v) is 3.38. The van der Waals surface area contributed by atoms with Gasteiger partial charge in [-0.1, -0.05) is 61.4 Å². The summed E-state index contributed by atoms with van der Waals surface area (Å²) < 4.78 is 0. The molecule has 1 N–H and O–H groups in total. The molecule has 2 aromatic rings. The monoisotopic (exact) mass is 253 g/mol. The number of benzene rings is 2. The molecule has 0 aliphatic rings. The molecule has 1 nitrogen and oxygen atoms in total. The molecule has 0 aliphatic carbocycles. The number of rotatable bonds is 6. The van der Waals surface area contributed by atoms with E-state index >= 15 is 0 Å². The molecular weight excluding hydrogens is 230 g/mol. The lowest BCUT2D eigenvalue weighted by atomic mass is 10.0. The lowest BCUT2D eigenvalue weighted by Gasteiger charge is -2.19. The van der Waals surface area contributed by atoms with Gasteiger partial charge in [-0.05, 0) is 37.5 Å². The van der Waals surface area contributed by atoms with E-state index in [2.05, 4.69) is 73.8 Å². The summed E-state index contributed by atoms with van der Waals surface area (Å²) in [7, 11) is 0. The van der Waals surface area contributed by atoms with Gasteiger partial charge in [-0.25, -0.2) is 0 Å². The fourth-order valence-corrected chi connectivity index (χ4v) is 2.36. The molecule has 0 radical (unpaired) electrons. The van der Waals surface area contributed by atoms with Crippen LogP contribution >= 0.6 is 0 Å².